The van der Waals surface area contributed by atoms with E-state index in [0.29, 0.717) is 17.4 Å². The third-order valence-electron chi connectivity index (χ3n) is 3.84. The van der Waals surface area contributed by atoms with Gasteiger partial charge in [-0.25, -0.2) is 0 Å². The Hall–Kier alpha value is -2.02. The van der Waals surface area contributed by atoms with Crippen molar-refractivity contribution in [1.82, 2.24) is 0 Å². The smallest absolute Gasteiger partial charge is 0.303 e. The number of nitrogen functional groups attached to an aromatic ring is 1. The number of hydrogen-bond acceptors (Lipinski definition) is 4. The second kappa shape index (κ2) is 11.6. The van der Waals surface area contributed by atoms with Crippen molar-refractivity contribution in [2.45, 2.75) is 85.7 Å². The quantitative estimate of drug-likeness (QED) is 0.513. The van der Waals surface area contributed by atoms with E-state index < -0.39 is 0 Å². The van der Waals surface area contributed by atoms with E-state index in [9.17, 15) is 4.79 Å². The van der Waals surface area contributed by atoms with Gasteiger partial charge in [0.05, 0.1) is 11.6 Å². The van der Waals surface area contributed by atoms with Crippen molar-refractivity contribution in [2.75, 3.05) is 5.73 Å². The third-order valence-corrected chi connectivity index (χ3v) is 3.84. The molecular formula is C22H36N2O2. The average Bonchev–Trinajstić information content (AvgIpc) is 2.50. The summed E-state index contributed by atoms with van der Waals surface area (Å²) in [5.74, 6) is 0.980. The second-order valence-corrected chi connectivity index (χ2v) is 8.12. The number of nitriles is 1. The van der Waals surface area contributed by atoms with Crippen molar-refractivity contribution in [3.63, 3.8) is 0 Å². The molecule has 0 amide bonds. The second-order valence-electron chi connectivity index (χ2n) is 8.12. The number of nitrogens with two attached hydrogens (primary N) is 1. The molecule has 0 bridgehead atoms. The van der Waals surface area contributed by atoms with Gasteiger partial charge in [-0.2, -0.15) is 5.26 Å². The van der Waals surface area contributed by atoms with Crippen molar-refractivity contribution in [1.29, 1.82) is 5.26 Å². The first-order valence-corrected chi connectivity index (χ1v) is 9.49. The minimum Gasteiger partial charge on any atom is -0.460 e. The van der Waals surface area contributed by atoms with Crippen LogP contribution in [-0.4, -0.2) is 11.6 Å². The number of nitrogens with zero attached hydrogens (tertiary/aromatic N) is 1. The third kappa shape index (κ3) is 10.8. The van der Waals surface area contributed by atoms with Gasteiger partial charge in [-0.3, -0.25) is 4.79 Å². The first-order chi connectivity index (χ1) is 12.0. The van der Waals surface area contributed by atoms with Crippen LogP contribution in [0.4, 0.5) is 5.69 Å². The van der Waals surface area contributed by atoms with Gasteiger partial charge in [-0.15, -0.1) is 0 Å². The fourth-order valence-electron chi connectivity index (χ4n) is 2.77. The number of rotatable bonds is 6. The molecule has 0 fully saturated rings. The van der Waals surface area contributed by atoms with E-state index in [4.69, 9.17) is 15.7 Å². The Labute approximate surface area is 159 Å². The fraction of sp³-hybridized carbons (Fsp3) is 0.636. The van der Waals surface area contributed by atoms with E-state index in [1.54, 1.807) is 6.07 Å². The number of carbonyl (C=O) groups excluding carboxylic acids is 1. The summed E-state index contributed by atoms with van der Waals surface area (Å²) in [7, 11) is 0. The SMILES string of the molecule is CC(=O)OC(C)(C)C.CCCC(CCC(C)C)c1cc(C#N)ccc1N. The Morgan fingerprint density at radius 1 is 1.23 bits per heavy atom. The molecule has 26 heavy (non-hydrogen) atoms. The largest absolute Gasteiger partial charge is 0.460 e. The molecule has 0 radical (unpaired) electrons. The average molecular weight is 361 g/mol. The number of ether oxygens (including phenoxy) is 1. The molecule has 4 nitrogen and oxygen atoms in total. The molecule has 0 heterocycles. The van der Waals surface area contributed by atoms with E-state index in [-0.39, 0.29) is 11.6 Å². The number of esters is 1. The van der Waals surface area contributed by atoms with Crippen molar-refractivity contribution in [3.8, 4) is 6.07 Å². The van der Waals surface area contributed by atoms with E-state index >= 15 is 0 Å². The highest BCUT2D eigenvalue weighted by Gasteiger charge is 2.15. The molecule has 1 aromatic rings. The van der Waals surface area contributed by atoms with E-state index in [1.165, 1.54) is 13.3 Å². The first-order valence-electron chi connectivity index (χ1n) is 9.49. The summed E-state index contributed by atoms with van der Waals surface area (Å²) in [4.78, 5) is 10.2. The van der Waals surface area contributed by atoms with Gasteiger partial charge < -0.3 is 10.5 Å². The molecule has 0 aromatic heterocycles. The highest BCUT2D eigenvalue weighted by atomic mass is 16.6. The molecule has 0 saturated heterocycles. The predicted octanol–water partition coefficient (Wildman–Crippen LogP) is 5.81. The number of carbonyl (C=O) groups is 1. The molecular weight excluding hydrogens is 324 g/mol. The molecule has 0 saturated carbocycles. The van der Waals surface area contributed by atoms with Gasteiger partial charge in [0.25, 0.3) is 0 Å². The van der Waals surface area contributed by atoms with Crippen LogP contribution >= 0.6 is 0 Å². The number of benzene rings is 1. The lowest BCUT2D eigenvalue weighted by Gasteiger charge is -2.20. The standard InChI is InChI=1S/C16H24N2.C6H12O2/c1-4-5-14(8-6-12(2)3)15-10-13(11-17)7-9-16(15)18;1-5(7)8-6(2,3)4/h7,9-10,12,14H,4-6,8,18H2,1-3H3;1-4H3. The summed E-state index contributed by atoms with van der Waals surface area (Å²) in [6.07, 6.45) is 4.66. The normalized spacial score (nSPS) is 12.0. The van der Waals surface area contributed by atoms with Crippen molar-refractivity contribution < 1.29 is 9.53 Å². The van der Waals surface area contributed by atoms with E-state index in [0.717, 1.165) is 30.5 Å². The number of anilines is 1. The minimum atomic E-state index is -0.328. The van der Waals surface area contributed by atoms with Crippen LogP contribution in [0, 0.1) is 17.2 Å². The topological polar surface area (TPSA) is 76.1 Å². The zero-order valence-corrected chi connectivity index (χ0v) is 17.6. The maximum absolute atomic E-state index is 10.2. The van der Waals surface area contributed by atoms with Gasteiger partial charge in [0.2, 0.25) is 0 Å². The van der Waals surface area contributed by atoms with Crippen LogP contribution in [0.2, 0.25) is 0 Å². The molecule has 2 N–H and O–H groups in total. The number of hydrogen-bond donors (Lipinski definition) is 1. The van der Waals surface area contributed by atoms with Gasteiger partial charge >= 0.3 is 5.97 Å². The Balaban J connectivity index is 0.000000660. The van der Waals surface area contributed by atoms with Crippen LogP contribution in [0.3, 0.4) is 0 Å². The Bertz CT molecular complexity index is 595. The zero-order valence-electron chi connectivity index (χ0n) is 17.6. The minimum absolute atomic E-state index is 0.225. The lowest BCUT2D eigenvalue weighted by atomic mass is 9.86. The summed E-state index contributed by atoms with van der Waals surface area (Å²) >= 11 is 0. The van der Waals surface area contributed by atoms with Gasteiger partial charge in [0, 0.05) is 12.6 Å². The molecule has 146 valence electrons. The maximum Gasteiger partial charge on any atom is 0.303 e. The monoisotopic (exact) mass is 360 g/mol. The highest BCUT2D eigenvalue weighted by Crippen LogP contribution is 2.32. The Kier molecular flexibility index (Phi) is 10.7. The van der Waals surface area contributed by atoms with Gasteiger partial charge in [0.15, 0.2) is 0 Å². The predicted molar refractivity (Wildman–Crippen MR) is 109 cm³/mol. The molecule has 0 aliphatic heterocycles. The maximum atomic E-state index is 10.2. The van der Waals surface area contributed by atoms with Crippen LogP contribution in [0.15, 0.2) is 18.2 Å². The molecule has 4 heteroatoms. The van der Waals surface area contributed by atoms with Crippen LogP contribution < -0.4 is 5.73 Å². The van der Waals surface area contributed by atoms with Crippen LogP contribution in [0.5, 0.6) is 0 Å². The Morgan fingerprint density at radius 2 is 1.85 bits per heavy atom. The molecule has 1 rings (SSSR count). The Morgan fingerprint density at radius 3 is 2.23 bits per heavy atom. The summed E-state index contributed by atoms with van der Waals surface area (Å²) in [6, 6.07) is 7.83. The van der Waals surface area contributed by atoms with Crippen LogP contribution in [0.1, 0.15) is 91.2 Å². The zero-order chi connectivity index (χ0) is 20.3. The van der Waals surface area contributed by atoms with Gasteiger partial charge in [0.1, 0.15) is 5.60 Å². The lowest BCUT2D eigenvalue weighted by Crippen LogP contribution is -2.21. The van der Waals surface area contributed by atoms with Gasteiger partial charge in [-0.1, -0.05) is 33.6 Å². The summed E-state index contributed by atoms with van der Waals surface area (Å²) in [5.41, 5.74) is 8.45. The van der Waals surface area contributed by atoms with Crippen molar-refractivity contribution in [2.24, 2.45) is 5.92 Å². The molecule has 1 unspecified atom stereocenters. The fourth-order valence-corrected chi connectivity index (χ4v) is 2.77. The summed E-state index contributed by atoms with van der Waals surface area (Å²) in [5, 5.41) is 8.99. The highest BCUT2D eigenvalue weighted by molar-refractivity contribution is 5.66. The molecule has 0 aliphatic rings. The van der Waals surface area contributed by atoms with Crippen molar-refractivity contribution in [3.05, 3.63) is 29.3 Å². The van der Waals surface area contributed by atoms with Gasteiger partial charge in [-0.05, 0) is 69.2 Å². The molecule has 1 atom stereocenters. The summed E-state index contributed by atoms with van der Waals surface area (Å²) in [6.45, 7) is 13.6. The van der Waals surface area contributed by atoms with E-state index in [1.807, 2.05) is 32.9 Å². The summed E-state index contributed by atoms with van der Waals surface area (Å²) < 4.78 is 4.80. The molecule has 1 aromatic carbocycles. The van der Waals surface area contributed by atoms with E-state index in [2.05, 4.69) is 26.8 Å². The van der Waals surface area contributed by atoms with Crippen molar-refractivity contribution >= 4 is 11.7 Å². The molecule has 0 spiro atoms. The molecule has 0 aliphatic carbocycles. The van der Waals surface area contributed by atoms with Crippen LogP contribution in [-0.2, 0) is 9.53 Å². The lowest BCUT2D eigenvalue weighted by molar-refractivity contribution is -0.151. The first kappa shape index (κ1) is 24.0. The van der Waals surface area contributed by atoms with Crippen LogP contribution in [0.25, 0.3) is 0 Å².